The fraction of sp³-hybridized carbons (Fsp3) is 0.417. The van der Waals surface area contributed by atoms with E-state index in [1.54, 1.807) is 11.0 Å². The minimum absolute atomic E-state index is 0.129. The molecule has 0 unspecified atom stereocenters. The van der Waals surface area contributed by atoms with Gasteiger partial charge in [0.2, 0.25) is 0 Å². The molecule has 0 fully saturated rings. The number of anilines is 1. The van der Waals surface area contributed by atoms with E-state index in [9.17, 15) is 4.79 Å². The SMILES string of the molecule is CCc1ccc(C(=O)Nc2cnn(C(C)C)n2)s1. The van der Waals surface area contributed by atoms with Crippen LogP contribution in [0, 0.1) is 0 Å². The van der Waals surface area contributed by atoms with Crippen molar-refractivity contribution < 1.29 is 4.79 Å². The molecule has 0 aromatic carbocycles. The van der Waals surface area contributed by atoms with Crippen molar-refractivity contribution in [2.75, 3.05) is 5.32 Å². The van der Waals surface area contributed by atoms with Crippen molar-refractivity contribution in [2.45, 2.75) is 33.2 Å². The first-order chi connectivity index (χ1) is 8.60. The minimum atomic E-state index is -0.129. The topological polar surface area (TPSA) is 59.8 Å². The lowest BCUT2D eigenvalue weighted by molar-refractivity contribution is 0.103. The van der Waals surface area contributed by atoms with Crippen LogP contribution >= 0.6 is 11.3 Å². The van der Waals surface area contributed by atoms with E-state index in [1.807, 2.05) is 26.0 Å². The molecule has 2 aromatic rings. The summed E-state index contributed by atoms with van der Waals surface area (Å²) in [5, 5.41) is 11.0. The van der Waals surface area contributed by atoms with Gasteiger partial charge in [-0.25, -0.2) is 0 Å². The van der Waals surface area contributed by atoms with Crippen molar-refractivity contribution >= 4 is 23.1 Å². The Labute approximate surface area is 110 Å². The van der Waals surface area contributed by atoms with Crippen LogP contribution in [0.3, 0.4) is 0 Å². The molecular formula is C12H16N4OS. The van der Waals surface area contributed by atoms with Crippen LogP contribution in [0.1, 0.15) is 41.4 Å². The predicted molar refractivity (Wildman–Crippen MR) is 72.1 cm³/mol. The van der Waals surface area contributed by atoms with E-state index in [-0.39, 0.29) is 11.9 Å². The summed E-state index contributed by atoms with van der Waals surface area (Å²) in [6.07, 6.45) is 2.51. The minimum Gasteiger partial charge on any atom is -0.303 e. The molecule has 0 atom stereocenters. The monoisotopic (exact) mass is 264 g/mol. The van der Waals surface area contributed by atoms with Gasteiger partial charge in [0.1, 0.15) is 0 Å². The van der Waals surface area contributed by atoms with Crippen molar-refractivity contribution in [3.05, 3.63) is 28.1 Å². The first kappa shape index (κ1) is 12.8. The Morgan fingerprint density at radius 2 is 2.28 bits per heavy atom. The van der Waals surface area contributed by atoms with Gasteiger partial charge in [-0.2, -0.15) is 9.90 Å². The summed E-state index contributed by atoms with van der Waals surface area (Å²) >= 11 is 1.51. The molecule has 1 N–H and O–H groups in total. The van der Waals surface area contributed by atoms with Gasteiger partial charge in [-0.1, -0.05) is 6.92 Å². The fourth-order valence-electron chi connectivity index (χ4n) is 1.45. The normalized spacial score (nSPS) is 10.9. The number of aromatic nitrogens is 3. The van der Waals surface area contributed by atoms with Crippen LogP contribution in [-0.4, -0.2) is 20.9 Å². The number of hydrogen-bond donors (Lipinski definition) is 1. The molecule has 0 aliphatic rings. The third kappa shape index (κ3) is 2.76. The van der Waals surface area contributed by atoms with Gasteiger partial charge in [0.25, 0.3) is 5.91 Å². The number of nitrogens with zero attached hydrogens (tertiary/aromatic N) is 3. The Morgan fingerprint density at radius 1 is 1.50 bits per heavy atom. The van der Waals surface area contributed by atoms with Crippen molar-refractivity contribution in [3.8, 4) is 0 Å². The summed E-state index contributed by atoms with van der Waals surface area (Å²) in [6.45, 7) is 6.04. The highest BCUT2D eigenvalue weighted by Gasteiger charge is 2.11. The molecule has 1 amide bonds. The van der Waals surface area contributed by atoms with Crippen molar-refractivity contribution in [1.29, 1.82) is 0 Å². The quantitative estimate of drug-likeness (QED) is 0.923. The molecule has 96 valence electrons. The molecule has 2 heterocycles. The molecule has 5 nitrogen and oxygen atoms in total. The Bertz CT molecular complexity index is 544. The van der Waals surface area contributed by atoms with Crippen molar-refractivity contribution in [2.24, 2.45) is 0 Å². The van der Waals surface area contributed by atoms with E-state index in [0.717, 1.165) is 6.42 Å². The highest BCUT2D eigenvalue weighted by atomic mass is 32.1. The second-order valence-electron chi connectivity index (χ2n) is 4.22. The molecule has 0 saturated carbocycles. The molecule has 0 radical (unpaired) electrons. The Hall–Kier alpha value is -1.69. The molecule has 18 heavy (non-hydrogen) atoms. The number of carbonyl (C=O) groups excluding carboxylic acids is 1. The van der Waals surface area contributed by atoms with Gasteiger partial charge in [-0.15, -0.1) is 16.4 Å². The Balaban J connectivity index is 2.06. The lowest BCUT2D eigenvalue weighted by atomic mass is 10.3. The first-order valence-electron chi connectivity index (χ1n) is 5.92. The van der Waals surface area contributed by atoms with Crippen LogP contribution in [0.25, 0.3) is 0 Å². The molecule has 0 spiro atoms. The van der Waals surface area contributed by atoms with Crippen LogP contribution in [0.15, 0.2) is 18.3 Å². The van der Waals surface area contributed by atoms with Gasteiger partial charge < -0.3 is 5.32 Å². The zero-order valence-corrected chi connectivity index (χ0v) is 11.5. The van der Waals surface area contributed by atoms with Crippen LogP contribution in [0.5, 0.6) is 0 Å². The zero-order valence-electron chi connectivity index (χ0n) is 10.7. The lowest BCUT2D eigenvalue weighted by Crippen LogP contribution is -2.11. The Kier molecular flexibility index (Phi) is 3.76. The highest BCUT2D eigenvalue weighted by molar-refractivity contribution is 7.14. The number of amides is 1. The lowest BCUT2D eigenvalue weighted by Gasteiger charge is -2.01. The molecule has 2 rings (SSSR count). The van der Waals surface area contributed by atoms with Crippen LogP contribution in [-0.2, 0) is 6.42 Å². The maximum atomic E-state index is 11.9. The molecule has 2 aromatic heterocycles. The summed E-state index contributed by atoms with van der Waals surface area (Å²) in [5.41, 5.74) is 0. The van der Waals surface area contributed by atoms with E-state index in [2.05, 4.69) is 22.4 Å². The summed E-state index contributed by atoms with van der Waals surface area (Å²) in [4.78, 5) is 15.4. The second-order valence-corrected chi connectivity index (χ2v) is 5.39. The molecular weight excluding hydrogens is 248 g/mol. The molecule has 0 saturated heterocycles. The fourth-order valence-corrected chi connectivity index (χ4v) is 2.29. The summed E-state index contributed by atoms with van der Waals surface area (Å²) in [5.74, 6) is 0.357. The number of carbonyl (C=O) groups is 1. The number of hydrogen-bond acceptors (Lipinski definition) is 4. The Morgan fingerprint density at radius 3 is 2.83 bits per heavy atom. The third-order valence-electron chi connectivity index (χ3n) is 2.45. The maximum absolute atomic E-state index is 11.9. The highest BCUT2D eigenvalue weighted by Crippen LogP contribution is 2.18. The van der Waals surface area contributed by atoms with Crippen LogP contribution in [0.4, 0.5) is 5.82 Å². The summed E-state index contributed by atoms with van der Waals surface area (Å²) < 4.78 is 0. The van der Waals surface area contributed by atoms with Gasteiger partial charge >= 0.3 is 0 Å². The summed E-state index contributed by atoms with van der Waals surface area (Å²) in [6, 6.07) is 4.00. The largest absolute Gasteiger partial charge is 0.303 e. The molecule has 0 aliphatic carbocycles. The number of nitrogens with one attached hydrogen (secondary N) is 1. The second kappa shape index (κ2) is 5.30. The first-order valence-corrected chi connectivity index (χ1v) is 6.73. The van der Waals surface area contributed by atoms with Crippen molar-refractivity contribution in [3.63, 3.8) is 0 Å². The average Bonchev–Trinajstić information content (AvgIpc) is 2.96. The van der Waals surface area contributed by atoms with E-state index >= 15 is 0 Å². The zero-order chi connectivity index (χ0) is 13.1. The number of aryl methyl sites for hydroxylation is 1. The smallest absolute Gasteiger partial charge is 0.266 e. The maximum Gasteiger partial charge on any atom is 0.266 e. The number of rotatable bonds is 4. The molecule has 6 heteroatoms. The standard InChI is InChI=1S/C12H16N4OS/c1-4-9-5-6-10(18-9)12(17)14-11-7-13-16(15-11)8(2)3/h5-8H,4H2,1-3H3,(H,14,15,17). The van der Waals surface area contributed by atoms with E-state index in [4.69, 9.17) is 0 Å². The van der Waals surface area contributed by atoms with Crippen LogP contribution in [0.2, 0.25) is 0 Å². The van der Waals surface area contributed by atoms with Gasteiger partial charge in [-0.3, -0.25) is 4.79 Å². The van der Waals surface area contributed by atoms with E-state index in [1.165, 1.54) is 16.2 Å². The summed E-state index contributed by atoms with van der Waals surface area (Å²) in [7, 11) is 0. The van der Waals surface area contributed by atoms with Gasteiger partial charge in [0, 0.05) is 4.88 Å². The van der Waals surface area contributed by atoms with E-state index < -0.39 is 0 Å². The van der Waals surface area contributed by atoms with Gasteiger partial charge in [-0.05, 0) is 32.4 Å². The third-order valence-corrected chi connectivity index (χ3v) is 3.67. The average molecular weight is 264 g/mol. The van der Waals surface area contributed by atoms with Gasteiger partial charge in [0.15, 0.2) is 5.82 Å². The molecule has 0 aliphatic heterocycles. The van der Waals surface area contributed by atoms with Gasteiger partial charge in [0.05, 0.1) is 17.1 Å². The number of thiophene rings is 1. The van der Waals surface area contributed by atoms with Crippen LogP contribution < -0.4 is 5.32 Å². The molecule has 0 bridgehead atoms. The van der Waals surface area contributed by atoms with Crippen molar-refractivity contribution in [1.82, 2.24) is 15.0 Å². The predicted octanol–water partition coefficient (Wildman–Crippen LogP) is 2.74. The van der Waals surface area contributed by atoms with E-state index in [0.29, 0.717) is 10.7 Å².